The Kier molecular flexibility index (Phi) is 4.01. The lowest BCUT2D eigenvalue weighted by molar-refractivity contribution is -0.139. The van der Waals surface area contributed by atoms with Crippen LogP contribution in [-0.4, -0.2) is 4.98 Å². The van der Waals surface area contributed by atoms with Crippen LogP contribution in [-0.2, 0) is 12.8 Å². The molecule has 2 rings (SSSR count). The van der Waals surface area contributed by atoms with E-state index in [2.05, 4.69) is 4.98 Å². The van der Waals surface area contributed by atoms with E-state index in [9.17, 15) is 13.2 Å². The second-order valence-corrected chi connectivity index (χ2v) is 4.63. The summed E-state index contributed by atoms with van der Waals surface area (Å²) in [4.78, 5) is 4.00. The van der Waals surface area contributed by atoms with Gasteiger partial charge in [0, 0.05) is 5.69 Å². The maximum Gasteiger partial charge on any atom is 0.420 e. The van der Waals surface area contributed by atoms with Gasteiger partial charge in [0.25, 0.3) is 0 Å². The van der Waals surface area contributed by atoms with Gasteiger partial charge in [-0.15, -0.1) is 0 Å². The average molecular weight is 285 g/mol. The molecule has 0 saturated heterocycles. The van der Waals surface area contributed by atoms with E-state index in [1.165, 1.54) is 6.26 Å². The van der Waals surface area contributed by atoms with Gasteiger partial charge >= 0.3 is 6.18 Å². The Bertz CT molecular complexity index is 562. The molecule has 0 aliphatic carbocycles. The van der Waals surface area contributed by atoms with Crippen molar-refractivity contribution < 1.29 is 22.3 Å². The van der Waals surface area contributed by atoms with Crippen LogP contribution in [0.2, 0.25) is 0 Å². The fourth-order valence-electron chi connectivity index (χ4n) is 1.65. The SMILES string of the molecule is CC(C)c1cc(C(F)(F)F)c(OCc2ccco2)cn1. The first-order chi connectivity index (χ1) is 9.38. The molecule has 0 amide bonds. The molecule has 0 aliphatic heterocycles. The fourth-order valence-corrected chi connectivity index (χ4v) is 1.65. The molecule has 20 heavy (non-hydrogen) atoms. The lowest BCUT2D eigenvalue weighted by Crippen LogP contribution is -2.11. The molecule has 0 saturated carbocycles. The first-order valence-corrected chi connectivity index (χ1v) is 6.10. The minimum atomic E-state index is -4.48. The van der Waals surface area contributed by atoms with Gasteiger partial charge in [-0.25, -0.2) is 0 Å². The summed E-state index contributed by atoms with van der Waals surface area (Å²) in [5.74, 6) is 0.0691. The molecule has 2 aromatic rings. The summed E-state index contributed by atoms with van der Waals surface area (Å²) in [6.07, 6.45) is -1.93. The zero-order valence-electron chi connectivity index (χ0n) is 11.1. The molecular formula is C14H14F3NO2. The number of furan rings is 1. The maximum absolute atomic E-state index is 13.0. The fraction of sp³-hybridized carbons (Fsp3) is 0.357. The predicted molar refractivity (Wildman–Crippen MR) is 66.4 cm³/mol. The topological polar surface area (TPSA) is 35.3 Å². The van der Waals surface area contributed by atoms with Crippen molar-refractivity contribution in [3.8, 4) is 5.75 Å². The normalized spacial score (nSPS) is 11.9. The van der Waals surface area contributed by atoms with Crippen LogP contribution < -0.4 is 4.74 Å². The van der Waals surface area contributed by atoms with Crippen molar-refractivity contribution in [1.29, 1.82) is 0 Å². The molecule has 0 fully saturated rings. The molecule has 2 heterocycles. The smallest absolute Gasteiger partial charge is 0.420 e. The summed E-state index contributed by atoms with van der Waals surface area (Å²) < 4.78 is 49.3. The number of alkyl halides is 3. The van der Waals surface area contributed by atoms with Crippen molar-refractivity contribution in [2.75, 3.05) is 0 Å². The first-order valence-electron chi connectivity index (χ1n) is 6.10. The molecule has 0 N–H and O–H groups in total. The summed E-state index contributed by atoms with van der Waals surface area (Å²) in [5, 5.41) is 0. The summed E-state index contributed by atoms with van der Waals surface area (Å²) in [6, 6.07) is 4.30. The number of nitrogens with zero attached hydrogens (tertiary/aromatic N) is 1. The van der Waals surface area contributed by atoms with E-state index in [4.69, 9.17) is 9.15 Å². The van der Waals surface area contributed by atoms with Crippen LogP contribution in [0.15, 0.2) is 35.1 Å². The molecule has 0 aromatic carbocycles. The van der Waals surface area contributed by atoms with Gasteiger partial charge < -0.3 is 9.15 Å². The van der Waals surface area contributed by atoms with E-state index in [1.54, 1.807) is 26.0 Å². The van der Waals surface area contributed by atoms with Gasteiger partial charge in [0.15, 0.2) is 5.75 Å². The van der Waals surface area contributed by atoms with Crippen LogP contribution in [0, 0.1) is 0 Å². The number of aromatic nitrogens is 1. The average Bonchev–Trinajstić information content (AvgIpc) is 2.88. The molecule has 0 atom stereocenters. The Morgan fingerprint density at radius 2 is 2.10 bits per heavy atom. The Balaban J connectivity index is 2.27. The third-order valence-electron chi connectivity index (χ3n) is 2.74. The molecule has 0 unspecified atom stereocenters. The molecule has 6 heteroatoms. The van der Waals surface area contributed by atoms with E-state index in [0.717, 1.165) is 12.3 Å². The third kappa shape index (κ3) is 3.31. The number of ether oxygens (including phenoxy) is 1. The number of pyridine rings is 1. The van der Waals surface area contributed by atoms with E-state index < -0.39 is 11.7 Å². The van der Waals surface area contributed by atoms with Crippen LogP contribution in [0.25, 0.3) is 0 Å². The van der Waals surface area contributed by atoms with E-state index in [0.29, 0.717) is 11.5 Å². The minimum Gasteiger partial charge on any atom is -0.483 e. The minimum absolute atomic E-state index is 0.0706. The van der Waals surface area contributed by atoms with Crippen molar-refractivity contribution >= 4 is 0 Å². The highest BCUT2D eigenvalue weighted by atomic mass is 19.4. The Hall–Kier alpha value is -1.98. The van der Waals surface area contributed by atoms with Crippen LogP contribution in [0.1, 0.15) is 36.8 Å². The number of rotatable bonds is 4. The summed E-state index contributed by atoms with van der Waals surface area (Å²) >= 11 is 0. The molecule has 0 aliphatic rings. The lowest BCUT2D eigenvalue weighted by atomic mass is 10.1. The first kappa shape index (κ1) is 14.4. The lowest BCUT2D eigenvalue weighted by Gasteiger charge is -2.15. The highest BCUT2D eigenvalue weighted by molar-refractivity contribution is 5.35. The van der Waals surface area contributed by atoms with Crippen molar-refractivity contribution in [3.63, 3.8) is 0 Å². The molecule has 0 spiro atoms. The summed E-state index contributed by atoms with van der Waals surface area (Å²) in [7, 11) is 0. The molecular weight excluding hydrogens is 271 g/mol. The zero-order chi connectivity index (χ0) is 14.8. The molecule has 3 nitrogen and oxygen atoms in total. The summed E-state index contributed by atoms with van der Waals surface area (Å²) in [5.41, 5.74) is -0.439. The van der Waals surface area contributed by atoms with Crippen molar-refractivity contribution in [2.45, 2.75) is 32.5 Å². The third-order valence-corrected chi connectivity index (χ3v) is 2.74. The van der Waals surface area contributed by atoms with E-state index in [1.807, 2.05) is 0 Å². The molecule has 2 aromatic heterocycles. The van der Waals surface area contributed by atoms with Gasteiger partial charge in [0.1, 0.15) is 17.9 Å². The second-order valence-electron chi connectivity index (χ2n) is 4.63. The molecule has 0 radical (unpaired) electrons. The van der Waals surface area contributed by atoms with Crippen molar-refractivity contribution in [1.82, 2.24) is 4.98 Å². The van der Waals surface area contributed by atoms with E-state index >= 15 is 0 Å². The van der Waals surface area contributed by atoms with E-state index in [-0.39, 0.29) is 18.3 Å². The predicted octanol–water partition coefficient (Wildman–Crippen LogP) is 4.40. The standard InChI is InChI=1S/C14H14F3NO2/c1-9(2)12-6-11(14(15,16)17)13(7-18-12)20-8-10-4-3-5-19-10/h3-7,9H,8H2,1-2H3. The Morgan fingerprint density at radius 3 is 2.65 bits per heavy atom. The number of hydrogen-bond acceptors (Lipinski definition) is 3. The van der Waals surface area contributed by atoms with Gasteiger partial charge in [0.05, 0.1) is 12.5 Å². The maximum atomic E-state index is 13.0. The van der Waals surface area contributed by atoms with Crippen molar-refractivity contribution in [3.05, 3.63) is 47.7 Å². The van der Waals surface area contributed by atoms with Gasteiger partial charge in [-0.05, 0) is 24.1 Å². The Labute approximate surface area is 114 Å². The Morgan fingerprint density at radius 1 is 1.35 bits per heavy atom. The van der Waals surface area contributed by atoms with Crippen LogP contribution >= 0.6 is 0 Å². The van der Waals surface area contributed by atoms with Crippen molar-refractivity contribution in [2.24, 2.45) is 0 Å². The van der Waals surface area contributed by atoms with Gasteiger partial charge in [-0.1, -0.05) is 13.8 Å². The highest BCUT2D eigenvalue weighted by Crippen LogP contribution is 2.37. The van der Waals surface area contributed by atoms with Gasteiger partial charge in [-0.3, -0.25) is 4.98 Å². The zero-order valence-corrected chi connectivity index (χ0v) is 11.1. The highest BCUT2D eigenvalue weighted by Gasteiger charge is 2.35. The summed E-state index contributed by atoms with van der Waals surface area (Å²) in [6.45, 7) is 3.50. The molecule has 108 valence electrons. The van der Waals surface area contributed by atoms with Crippen LogP contribution in [0.5, 0.6) is 5.75 Å². The van der Waals surface area contributed by atoms with Crippen LogP contribution in [0.3, 0.4) is 0 Å². The van der Waals surface area contributed by atoms with Gasteiger partial charge in [-0.2, -0.15) is 13.2 Å². The largest absolute Gasteiger partial charge is 0.483 e. The van der Waals surface area contributed by atoms with Gasteiger partial charge in [0.2, 0.25) is 0 Å². The van der Waals surface area contributed by atoms with Crippen LogP contribution in [0.4, 0.5) is 13.2 Å². The monoisotopic (exact) mass is 285 g/mol. The second kappa shape index (κ2) is 5.56. The number of halogens is 3. The quantitative estimate of drug-likeness (QED) is 0.835. The molecule has 0 bridgehead atoms. The number of hydrogen-bond donors (Lipinski definition) is 0.